The molecule has 0 aliphatic carbocycles. The van der Waals surface area contributed by atoms with Crippen LogP contribution in [0.5, 0.6) is 0 Å². The van der Waals surface area contributed by atoms with E-state index >= 15 is 0 Å². The van der Waals surface area contributed by atoms with Crippen molar-refractivity contribution < 1.29 is 9.90 Å². The van der Waals surface area contributed by atoms with Gasteiger partial charge < -0.3 is 10.8 Å². The molecule has 0 aromatic rings. The second-order valence-corrected chi connectivity index (χ2v) is 10.7. The topological polar surface area (TPSA) is 63.3 Å². The second kappa shape index (κ2) is 28.8. The summed E-state index contributed by atoms with van der Waals surface area (Å²) in [5.74, 6) is -0.119. The molecule has 1 atom stereocenters. The third-order valence-electron chi connectivity index (χ3n) is 7.22. The van der Waals surface area contributed by atoms with E-state index in [1.54, 1.807) is 6.42 Å². The molecule has 3 nitrogen and oxygen atoms in total. The summed E-state index contributed by atoms with van der Waals surface area (Å²) < 4.78 is 0. The van der Waals surface area contributed by atoms with Crippen LogP contribution in [0.4, 0.5) is 0 Å². The average Bonchev–Trinajstić information content (AvgIpc) is 2.85. The molecule has 0 saturated carbocycles. The number of hydrogen-bond acceptors (Lipinski definition) is 3. The third kappa shape index (κ3) is 26.2. The fourth-order valence-corrected chi connectivity index (χ4v) is 4.77. The van der Waals surface area contributed by atoms with Crippen LogP contribution in [0.25, 0.3) is 0 Å². The van der Waals surface area contributed by atoms with Gasteiger partial charge in [0.25, 0.3) is 0 Å². The van der Waals surface area contributed by atoms with Gasteiger partial charge in [0.2, 0.25) is 0 Å². The summed E-state index contributed by atoms with van der Waals surface area (Å²) in [6, 6.07) is -0.723. The molecule has 0 spiro atoms. The zero-order chi connectivity index (χ0) is 25.0. The molecule has 0 heterocycles. The lowest BCUT2D eigenvalue weighted by Gasteiger charge is -2.06. The normalized spacial score (nSPS) is 12.3. The van der Waals surface area contributed by atoms with Gasteiger partial charge in [0.05, 0.1) is 12.6 Å². The summed E-state index contributed by atoms with van der Waals surface area (Å²) in [5.41, 5.74) is 5.49. The van der Waals surface area contributed by atoms with Crippen molar-refractivity contribution in [2.75, 3.05) is 6.61 Å². The maximum absolute atomic E-state index is 11.5. The Morgan fingerprint density at radius 1 is 0.559 bits per heavy atom. The number of carbonyl (C=O) groups excluding carboxylic acids is 1. The van der Waals surface area contributed by atoms with Crippen molar-refractivity contribution in [2.24, 2.45) is 5.73 Å². The number of Topliss-reactive ketones (excluding diaryl/α,β-unsaturated/α-hetero) is 1. The molecular formula is C31H62NO2. The molecule has 0 aliphatic heterocycles. The van der Waals surface area contributed by atoms with Gasteiger partial charge in [0.1, 0.15) is 0 Å². The van der Waals surface area contributed by atoms with E-state index in [1.807, 2.05) is 0 Å². The van der Waals surface area contributed by atoms with Crippen molar-refractivity contribution in [1.29, 1.82) is 0 Å². The lowest BCUT2D eigenvalue weighted by atomic mass is 10.0. The first kappa shape index (κ1) is 33.6. The van der Waals surface area contributed by atoms with E-state index in [9.17, 15) is 4.79 Å². The maximum Gasteiger partial charge on any atom is 0.155 e. The molecule has 3 N–H and O–H groups in total. The molecule has 34 heavy (non-hydrogen) atoms. The molecule has 0 fully saturated rings. The van der Waals surface area contributed by atoms with E-state index in [4.69, 9.17) is 10.8 Å². The fourth-order valence-electron chi connectivity index (χ4n) is 4.77. The van der Waals surface area contributed by atoms with Crippen molar-refractivity contribution in [3.05, 3.63) is 6.42 Å². The standard InChI is InChI=1S/C31H62NO2/c1-2-3-4-5-6-7-8-9-10-11-12-13-14-15-16-17-18-19-20-21-22-23-24-25-26-27-28-31(34)30(32)29-33/h28,30,33H,2-27,29,32H2,1H3/t30-/m0/s1. The molecule has 1 radical (unpaired) electrons. The number of nitrogens with two attached hydrogens (primary N) is 1. The summed E-state index contributed by atoms with van der Waals surface area (Å²) in [4.78, 5) is 11.5. The summed E-state index contributed by atoms with van der Waals surface area (Å²) in [7, 11) is 0. The number of hydrogen-bond donors (Lipinski definition) is 2. The van der Waals surface area contributed by atoms with Gasteiger partial charge in [-0.25, -0.2) is 0 Å². The third-order valence-corrected chi connectivity index (χ3v) is 7.22. The highest BCUT2D eigenvalue weighted by molar-refractivity contribution is 5.91. The molecule has 0 amide bonds. The minimum absolute atomic E-state index is 0.119. The Kier molecular flexibility index (Phi) is 28.5. The van der Waals surface area contributed by atoms with Gasteiger partial charge in [0, 0.05) is 6.42 Å². The van der Waals surface area contributed by atoms with Crippen LogP contribution in [0.1, 0.15) is 174 Å². The minimum Gasteiger partial charge on any atom is -0.394 e. The molecule has 0 aromatic heterocycles. The van der Waals surface area contributed by atoms with Crippen LogP contribution in [0.3, 0.4) is 0 Å². The molecule has 0 saturated heterocycles. The number of aliphatic hydroxyl groups is 1. The lowest BCUT2D eigenvalue weighted by Crippen LogP contribution is -2.34. The Hall–Kier alpha value is -0.410. The highest BCUT2D eigenvalue weighted by Crippen LogP contribution is 2.16. The predicted octanol–water partition coefficient (Wildman–Crippen LogP) is 9.24. The van der Waals surface area contributed by atoms with E-state index in [1.165, 1.54) is 154 Å². The summed E-state index contributed by atoms with van der Waals surface area (Å²) in [5, 5.41) is 8.84. The summed E-state index contributed by atoms with van der Waals surface area (Å²) in [6.07, 6.45) is 37.5. The predicted molar refractivity (Wildman–Crippen MR) is 150 cm³/mol. The van der Waals surface area contributed by atoms with Crippen LogP contribution >= 0.6 is 0 Å². The molecule has 203 valence electrons. The van der Waals surface area contributed by atoms with E-state index in [0.29, 0.717) is 0 Å². The van der Waals surface area contributed by atoms with E-state index < -0.39 is 6.04 Å². The highest BCUT2D eigenvalue weighted by atomic mass is 16.3. The molecule has 3 heteroatoms. The number of ketones is 1. The van der Waals surface area contributed by atoms with E-state index in [-0.39, 0.29) is 12.4 Å². The number of unbranched alkanes of at least 4 members (excludes halogenated alkanes) is 25. The van der Waals surface area contributed by atoms with Crippen molar-refractivity contribution in [3.63, 3.8) is 0 Å². The fraction of sp³-hybridized carbons (Fsp3) is 0.935. The van der Waals surface area contributed by atoms with Crippen molar-refractivity contribution in [1.82, 2.24) is 0 Å². The first-order chi connectivity index (χ1) is 16.7. The van der Waals surface area contributed by atoms with Crippen LogP contribution in [-0.4, -0.2) is 23.5 Å². The first-order valence-corrected chi connectivity index (χ1v) is 15.5. The molecule has 0 aromatic carbocycles. The van der Waals surface area contributed by atoms with Gasteiger partial charge in [-0.2, -0.15) is 0 Å². The van der Waals surface area contributed by atoms with Crippen LogP contribution in [0.15, 0.2) is 0 Å². The van der Waals surface area contributed by atoms with Crippen molar-refractivity contribution >= 4 is 5.78 Å². The van der Waals surface area contributed by atoms with Crippen LogP contribution in [-0.2, 0) is 4.79 Å². The zero-order valence-corrected chi connectivity index (χ0v) is 23.2. The monoisotopic (exact) mass is 480 g/mol. The number of rotatable bonds is 29. The number of carbonyl (C=O) groups is 1. The molecule has 0 bridgehead atoms. The quantitative estimate of drug-likeness (QED) is 0.105. The minimum atomic E-state index is -0.723. The number of aliphatic hydroxyl groups excluding tert-OH is 1. The summed E-state index contributed by atoms with van der Waals surface area (Å²) >= 11 is 0. The van der Waals surface area contributed by atoms with Gasteiger partial charge in [-0.3, -0.25) is 4.79 Å². The Morgan fingerprint density at radius 2 is 0.824 bits per heavy atom. The zero-order valence-electron chi connectivity index (χ0n) is 23.2. The Labute approximate surface area is 214 Å². The first-order valence-electron chi connectivity index (χ1n) is 15.5. The van der Waals surface area contributed by atoms with Crippen molar-refractivity contribution in [3.8, 4) is 0 Å². The SMILES string of the molecule is CCCCCCCCCCCCCCCCCCCCCCCCCCC[CH]C(=O)[C@@H](N)CO. The van der Waals surface area contributed by atoms with E-state index in [2.05, 4.69) is 6.92 Å². The van der Waals surface area contributed by atoms with Gasteiger partial charge >= 0.3 is 0 Å². The Balaban J connectivity index is 3.07. The van der Waals surface area contributed by atoms with Gasteiger partial charge in [0.15, 0.2) is 5.78 Å². The molecule has 0 unspecified atom stereocenters. The maximum atomic E-state index is 11.5. The van der Waals surface area contributed by atoms with E-state index in [0.717, 1.165) is 12.8 Å². The van der Waals surface area contributed by atoms with Crippen LogP contribution in [0, 0.1) is 6.42 Å². The van der Waals surface area contributed by atoms with Gasteiger partial charge in [-0.15, -0.1) is 0 Å². The second-order valence-electron chi connectivity index (χ2n) is 10.7. The van der Waals surface area contributed by atoms with Crippen molar-refractivity contribution in [2.45, 2.75) is 180 Å². The highest BCUT2D eigenvalue weighted by Gasteiger charge is 2.11. The lowest BCUT2D eigenvalue weighted by molar-refractivity contribution is -0.118. The molecular weight excluding hydrogens is 418 g/mol. The summed E-state index contributed by atoms with van der Waals surface area (Å²) in [6.45, 7) is 2.04. The largest absolute Gasteiger partial charge is 0.394 e. The van der Waals surface area contributed by atoms with Gasteiger partial charge in [-0.05, 0) is 6.42 Å². The van der Waals surface area contributed by atoms with Crippen LogP contribution in [0.2, 0.25) is 0 Å². The van der Waals surface area contributed by atoms with Crippen LogP contribution < -0.4 is 5.73 Å². The Bertz CT molecular complexity index is 399. The molecule has 0 rings (SSSR count). The molecule has 0 aliphatic rings. The smallest absolute Gasteiger partial charge is 0.155 e. The average molecular weight is 481 g/mol. The van der Waals surface area contributed by atoms with Gasteiger partial charge in [-0.1, -0.05) is 167 Å². The Morgan fingerprint density at radius 3 is 1.09 bits per heavy atom.